The van der Waals surface area contributed by atoms with Crippen LogP contribution in [0.5, 0.6) is 0 Å². The molecule has 0 bridgehead atoms. The number of carbonyl (C=O) groups is 2. The number of carboxylic acids is 1. The zero-order valence-electron chi connectivity index (χ0n) is 8.27. The minimum Gasteiger partial charge on any atom is -0.481 e. The Balaban J connectivity index is 2.47. The number of hydrogen-bond donors (Lipinski definition) is 2. The minimum atomic E-state index is -0.740. The van der Waals surface area contributed by atoms with Crippen LogP contribution in [0.2, 0.25) is 0 Å². The molecule has 1 aliphatic heterocycles. The van der Waals surface area contributed by atoms with Gasteiger partial charge in [0.05, 0.1) is 12.5 Å². The van der Waals surface area contributed by atoms with Gasteiger partial charge < -0.3 is 10.8 Å². The molecule has 14 heavy (non-hydrogen) atoms. The summed E-state index contributed by atoms with van der Waals surface area (Å²) >= 11 is 0. The molecule has 80 valence electrons. The van der Waals surface area contributed by atoms with Crippen molar-refractivity contribution >= 4 is 11.9 Å². The Morgan fingerprint density at radius 1 is 1.57 bits per heavy atom. The Labute approximate surface area is 82.9 Å². The second-order valence-corrected chi connectivity index (χ2v) is 3.85. The summed E-state index contributed by atoms with van der Waals surface area (Å²) in [5.74, 6) is -1.37. The molecule has 0 aromatic heterocycles. The second-order valence-electron chi connectivity index (χ2n) is 3.85. The molecule has 0 saturated carbocycles. The van der Waals surface area contributed by atoms with Gasteiger partial charge in [-0.1, -0.05) is 0 Å². The normalized spacial score (nSPS) is 28.6. The summed E-state index contributed by atoms with van der Waals surface area (Å²) in [5.41, 5.74) is 5.08. The summed E-state index contributed by atoms with van der Waals surface area (Å²) in [6.07, 6.45) is 1.20. The van der Waals surface area contributed by atoms with Crippen LogP contribution < -0.4 is 5.73 Å². The average molecular weight is 200 g/mol. The maximum atomic E-state index is 10.7. The van der Waals surface area contributed by atoms with E-state index in [1.165, 1.54) is 0 Å². The zero-order valence-corrected chi connectivity index (χ0v) is 8.27. The number of hydrogen-bond acceptors (Lipinski definition) is 3. The van der Waals surface area contributed by atoms with Crippen molar-refractivity contribution in [3.05, 3.63) is 0 Å². The number of piperidine rings is 1. The van der Waals surface area contributed by atoms with Crippen LogP contribution >= 0.6 is 0 Å². The summed E-state index contributed by atoms with van der Waals surface area (Å²) < 4.78 is 0. The quantitative estimate of drug-likeness (QED) is 0.652. The van der Waals surface area contributed by atoms with E-state index < -0.39 is 5.97 Å². The van der Waals surface area contributed by atoms with Crippen LogP contribution in [0.3, 0.4) is 0 Å². The van der Waals surface area contributed by atoms with Crippen LogP contribution in [0.1, 0.15) is 19.8 Å². The SMILES string of the molecule is CC1CC(C(=O)O)CCN1CC(N)=O. The van der Waals surface area contributed by atoms with E-state index in [9.17, 15) is 9.59 Å². The van der Waals surface area contributed by atoms with Crippen LogP contribution in [0, 0.1) is 5.92 Å². The largest absolute Gasteiger partial charge is 0.481 e. The molecule has 0 aromatic rings. The van der Waals surface area contributed by atoms with Gasteiger partial charge in [-0.15, -0.1) is 0 Å². The number of nitrogens with two attached hydrogens (primary N) is 1. The summed E-state index contributed by atoms with van der Waals surface area (Å²) in [4.78, 5) is 23.3. The molecule has 1 amide bonds. The van der Waals surface area contributed by atoms with Gasteiger partial charge in [0.15, 0.2) is 0 Å². The molecule has 0 aliphatic carbocycles. The predicted octanol–water partition coefficient (Wildman–Crippen LogP) is -0.343. The number of primary amides is 1. The molecule has 0 spiro atoms. The number of aliphatic carboxylic acids is 1. The summed E-state index contributed by atoms with van der Waals surface area (Å²) in [7, 11) is 0. The number of carboxylic acid groups (broad SMARTS) is 1. The van der Waals surface area contributed by atoms with E-state index in [0.717, 1.165) is 0 Å². The Morgan fingerprint density at radius 2 is 2.21 bits per heavy atom. The lowest BCUT2D eigenvalue weighted by molar-refractivity contribution is -0.144. The lowest BCUT2D eigenvalue weighted by Crippen LogP contribution is -2.46. The monoisotopic (exact) mass is 200 g/mol. The van der Waals surface area contributed by atoms with Gasteiger partial charge in [-0.3, -0.25) is 14.5 Å². The highest BCUT2D eigenvalue weighted by Crippen LogP contribution is 2.22. The third-order valence-electron chi connectivity index (χ3n) is 2.72. The molecular weight excluding hydrogens is 184 g/mol. The van der Waals surface area contributed by atoms with Crippen LogP contribution in [0.15, 0.2) is 0 Å². The van der Waals surface area contributed by atoms with Crippen LogP contribution in [0.4, 0.5) is 0 Å². The van der Waals surface area contributed by atoms with Gasteiger partial charge in [0.2, 0.25) is 5.91 Å². The van der Waals surface area contributed by atoms with Crippen LogP contribution in [-0.4, -0.2) is 41.0 Å². The summed E-state index contributed by atoms with van der Waals surface area (Å²) in [6.45, 7) is 2.80. The molecule has 2 unspecified atom stereocenters. The first-order valence-corrected chi connectivity index (χ1v) is 4.76. The predicted molar refractivity (Wildman–Crippen MR) is 50.6 cm³/mol. The number of nitrogens with zero attached hydrogens (tertiary/aromatic N) is 1. The van der Waals surface area contributed by atoms with Gasteiger partial charge in [0, 0.05) is 6.04 Å². The molecule has 2 atom stereocenters. The topological polar surface area (TPSA) is 83.6 Å². The molecular formula is C9H16N2O3. The molecule has 1 aliphatic rings. The summed E-state index contributed by atoms with van der Waals surface area (Å²) in [5, 5.41) is 8.81. The van der Waals surface area contributed by atoms with Gasteiger partial charge in [0.1, 0.15) is 0 Å². The maximum absolute atomic E-state index is 10.7. The Bertz CT molecular complexity index is 242. The van der Waals surface area contributed by atoms with Crippen molar-refractivity contribution in [3.8, 4) is 0 Å². The van der Waals surface area contributed by atoms with Crippen molar-refractivity contribution in [2.24, 2.45) is 11.7 Å². The lowest BCUT2D eigenvalue weighted by Gasteiger charge is -2.35. The molecule has 1 heterocycles. The fraction of sp³-hybridized carbons (Fsp3) is 0.778. The number of amides is 1. The van der Waals surface area contributed by atoms with Gasteiger partial charge in [-0.05, 0) is 26.3 Å². The average Bonchev–Trinajstić information content (AvgIpc) is 2.07. The highest BCUT2D eigenvalue weighted by molar-refractivity contribution is 5.76. The number of carbonyl (C=O) groups excluding carboxylic acids is 1. The highest BCUT2D eigenvalue weighted by Gasteiger charge is 2.29. The minimum absolute atomic E-state index is 0.123. The molecule has 5 heteroatoms. The van der Waals surface area contributed by atoms with E-state index >= 15 is 0 Å². The second kappa shape index (κ2) is 4.41. The van der Waals surface area contributed by atoms with E-state index in [4.69, 9.17) is 10.8 Å². The van der Waals surface area contributed by atoms with Gasteiger partial charge in [-0.2, -0.15) is 0 Å². The van der Waals surface area contributed by atoms with Gasteiger partial charge >= 0.3 is 5.97 Å². The van der Waals surface area contributed by atoms with Crippen molar-refractivity contribution in [2.45, 2.75) is 25.8 Å². The van der Waals surface area contributed by atoms with Crippen LogP contribution in [0.25, 0.3) is 0 Å². The molecule has 3 N–H and O–H groups in total. The molecule has 1 rings (SSSR count). The van der Waals surface area contributed by atoms with E-state index in [-0.39, 0.29) is 24.4 Å². The molecule has 0 radical (unpaired) electrons. The third-order valence-corrected chi connectivity index (χ3v) is 2.72. The first kappa shape index (κ1) is 11.0. The lowest BCUT2D eigenvalue weighted by atomic mass is 9.92. The number of rotatable bonds is 3. The highest BCUT2D eigenvalue weighted by atomic mass is 16.4. The standard InChI is InChI=1S/C9H16N2O3/c1-6-4-7(9(13)14)2-3-11(6)5-8(10)12/h6-7H,2-5H2,1H3,(H2,10,12)(H,13,14). The van der Waals surface area contributed by atoms with Crippen molar-refractivity contribution < 1.29 is 14.7 Å². The molecule has 0 aromatic carbocycles. The first-order valence-electron chi connectivity index (χ1n) is 4.76. The molecule has 1 fully saturated rings. The van der Waals surface area contributed by atoms with E-state index in [1.54, 1.807) is 0 Å². The van der Waals surface area contributed by atoms with Crippen LogP contribution in [-0.2, 0) is 9.59 Å². The first-order chi connectivity index (χ1) is 6.50. The van der Waals surface area contributed by atoms with Crippen molar-refractivity contribution in [1.82, 2.24) is 4.90 Å². The molecule has 1 saturated heterocycles. The van der Waals surface area contributed by atoms with E-state index in [2.05, 4.69) is 0 Å². The van der Waals surface area contributed by atoms with E-state index in [0.29, 0.717) is 19.4 Å². The smallest absolute Gasteiger partial charge is 0.306 e. The fourth-order valence-corrected chi connectivity index (χ4v) is 1.88. The van der Waals surface area contributed by atoms with Crippen molar-refractivity contribution in [3.63, 3.8) is 0 Å². The van der Waals surface area contributed by atoms with Gasteiger partial charge in [0.25, 0.3) is 0 Å². The molecule has 5 nitrogen and oxygen atoms in total. The third kappa shape index (κ3) is 2.70. The van der Waals surface area contributed by atoms with E-state index in [1.807, 2.05) is 11.8 Å². The Morgan fingerprint density at radius 3 is 2.64 bits per heavy atom. The maximum Gasteiger partial charge on any atom is 0.306 e. The Kier molecular flexibility index (Phi) is 3.46. The number of likely N-dealkylation sites (tertiary alicyclic amines) is 1. The Hall–Kier alpha value is -1.10. The zero-order chi connectivity index (χ0) is 10.7. The fourth-order valence-electron chi connectivity index (χ4n) is 1.88. The van der Waals surface area contributed by atoms with Crippen molar-refractivity contribution in [2.75, 3.05) is 13.1 Å². The van der Waals surface area contributed by atoms with Crippen molar-refractivity contribution in [1.29, 1.82) is 0 Å². The summed E-state index contributed by atoms with van der Waals surface area (Å²) in [6, 6.07) is 0.123. The van der Waals surface area contributed by atoms with Gasteiger partial charge in [-0.25, -0.2) is 0 Å².